The molecule has 2 atom stereocenters. The van der Waals surface area contributed by atoms with Gasteiger partial charge in [0.2, 0.25) is 0 Å². The molecule has 8 nitrogen and oxygen atoms in total. The molecule has 21 heavy (non-hydrogen) atoms. The maximum Gasteiger partial charge on any atom is 0.532 e. The van der Waals surface area contributed by atoms with Gasteiger partial charge in [-0.15, -0.1) is 4.48 Å². The van der Waals surface area contributed by atoms with E-state index in [0.717, 1.165) is 0 Å². The van der Waals surface area contributed by atoms with Crippen LogP contribution in [0, 0.1) is 10.1 Å². The summed E-state index contributed by atoms with van der Waals surface area (Å²) < 4.78 is 4.33. The number of quaternary nitrogens is 1. The molecule has 1 N–H and O–H groups in total. The summed E-state index contributed by atoms with van der Waals surface area (Å²) in [5.41, 5.74) is -0.133. The number of hydrogen-bond donors (Lipinski definition) is 1. The Bertz CT molecular complexity index is 585. The Morgan fingerprint density at radius 2 is 2.00 bits per heavy atom. The smallest absolute Gasteiger partial charge is 0.435 e. The number of carbonyl (C=O) groups is 2. The molecule has 1 fully saturated rings. The summed E-state index contributed by atoms with van der Waals surface area (Å²) in [6.07, 6.45) is -0.863. The molecule has 0 saturated carbocycles. The quantitative estimate of drug-likeness (QED) is 0.510. The van der Waals surface area contributed by atoms with E-state index < -0.39 is 21.6 Å². The maximum atomic E-state index is 12.2. The van der Waals surface area contributed by atoms with E-state index in [-0.39, 0.29) is 24.0 Å². The van der Waals surface area contributed by atoms with Gasteiger partial charge in [0.1, 0.15) is 18.3 Å². The fourth-order valence-corrected chi connectivity index (χ4v) is 2.53. The van der Waals surface area contributed by atoms with Crippen LogP contribution in [0.3, 0.4) is 0 Å². The summed E-state index contributed by atoms with van der Waals surface area (Å²) in [6, 6.07) is 4.57. The molecule has 0 aliphatic carbocycles. The average Bonchev–Trinajstić information content (AvgIpc) is 2.82. The van der Waals surface area contributed by atoms with Crippen molar-refractivity contribution in [2.24, 2.45) is 0 Å². The highest BCUT2D eigenvalue weighted by Gasteiger charge is 2.55. The molecule has 0 bridgehead atoms. The van der Waals surface area contributed by atoms with Crippen LogP contribution in [-0.2, 0) is 0 Å². The summed E-state index contributed by atoms with van der Waals surface area (Å²) in [6.45, 7) is 1.88. The minimum Gasteiger partial charge on any atom is -0.435 e. The van der Waals surface area contributed by atoms with E-state index in [1.807, 2.05) is 0 Å². The fourth-order valence-electron chi connectivity index (χ4n) is 2.53. The molecule has 2 amide bonds. The molecular weight excluding hydrogens is 280 g/mol. The second-order valence-electron chi connectivity index (χ2n) is 4.99. The first-order valence-electron chi connectivity index (χ1n) is 6.46. The first-order valence-corrected chi connectivity index (χ1v) is 6.46. The van der Waals surface area contributed by atoms with E-state index in [0.29, 0.717) is 12.8 Å². The Morgan fingerprint density at radius 1 is 1.38 bits per heavy atom. The van der Waals surface area contributed by atoms with Crippen LogP contribution in [0.1, 0.15) is 19.8 Å². The van der Waals surface area contributed by atoms with Crippen molar-refractivity contribution in [3.63, 3.8) is 0 Å². The third-order valence-corrected chi connectivity index (χ3v) is 3.81. The topological polar surface area (TPSA) is 107 Å². The van der Waals surface area contributed by atoms with Gasteiger partial charge in [-0.3, -0.25) is 10.1 Å². The highest BCUT2D eigenvalue weighted by molar-refractivity contribution is 5.77. The third kappa shape index (κ3) is 2.57. The van der Waals surface area contributed by atoms with Crippen molar-refractivity contribution < 1.29 is 28.8 Å². The number of hydrogen-bond acceptors (Lipinski definition) is 5. The average molecular weight is 295 g/mol. The predicted octanol–water partition coefficient (Wildman–Crippen LogP) is 2.77. The number of carboxylic acid groups (broad SMARTS) is 1. The van der Waals surface area contributed by atoms with Gasteiger partial charge in [-0.1, -0.05) is 0 Å². The van der Waals surface area contributed by atoms with Crippen LogP contribution >= 0.6 is 0 Å². The van der Waals surface area contributed by atoms with Gasteiger partial charge < -0.3 is 9.84 Å². The van der Waals surface area contributed by atoms with Crippen molar-refractivity contribution in [2.75, 3.05) is 6.54 Å². The molecule has 112 valence electrons. The van der Waals surface area contributed by atoms with Crippen LogP contribution in [-0.4, -0.2) is 39.3 Å². The molecule has 1 aliphatic rings. The summed E-state index contributed by atoms with van der Waals surface area (Å²) in [4.78, 5) is 33.7. The Hall–Kier alpha value is -2.48. The van der Waals surface area contributed by atoms with Gasteiger partial charge in [-0.2, -0.15) is 9.59 Å². The van der Waals surface area contributed by atoms with E-state index in [1.165, 1.54) is 24.3 Å². The zero-order valence-electron chi connectivity index (χ0n) is 11.4. The largest absolute Gasteiger partial charge is 0.532 e. The first-order chi connectivity index (χ1) is 9.87. The van der Waals surface area contributed by atoms with E-state index in [4.69, 9.17) is 4.74 Å². The van der Waals surface area contributed by atoms with Crippen LogP contribution in [0.15, 0.2) is 24.3 Å². The molecule has 2 rings (SSSR count). The molecule has 0 aromatic heterocycles. The van der Waals surface area contributed by atoms with Gasteiger partial charge >= 0.3 is 12.2 Å². The van der Waals surface area contributed by atoms with Crippen molar-refractivity contribution >= 4 is 17.9 Å². The van der Waals surface area contributed by atoms with Gasteiger partial charge in [0.05, 0.1) is 4.92 Å². The molecule has 1 saturated heterocycles. The van der Waals surface area contributed by atoms with Gasteiger partial charge in [0.25, 0.3) is 5.69 Å². The van der Waals surface area contributed by atoms with Crippen LogP contribution in [0.2, 0.25) is 0 Å². The first kappa shape index (κ1) is 14.9. The monoisotopic (exact) mass is 295 g/mol. The predicted molar refractivity (Wildman–Crippen MR) is 71.0 cm³/mol. The van der Waals surface area contributed by atoms with E-state index in [2.05, 4.69) is 0 Å². The minimum absolute atomic E-state index is 0.0865. The van der Waals surface area contributed by atoms with Crippen molar-refractivity contribution in [3.8, 4) is 5.75 Å². The standard InChI is InChI=1S/C13H14N2O6/c1-9-3-2-8-15(9,12(16)17)13(18)21-11-6-4-10(5-7-11)14(19)20/h4-7,9H,2-3,8H2,1H3/p+1/t9-,15?/m1/s1. The van der Waals surface area contributed by atoms with Gasteiger partial charge in [0.15, 0.2) is 0 Å². The van der Waals surface area contributed by atoms with Crippen LogP contribution in [0.25, 0.3) is 0 Å². The molecule has 8 heteroatoms. The number of likely N-dealkylation sites (tertiary alicyclic amines) is 1. The fraction of sp³-hybridized carbons (Fsp3) is 0.385. The van der Waals surface area contributed by atoms with Gasteiger partial charge in [-0.05, 0) is 19.1 Å². The normalized spacial score (nSPS) is 24.5. The Kier molecular flexibility index (Phi) is 3.90. The Morgan fingerprint density at radius 3 is 2.43 bits per heavy atom. The lowest BCUT2D eigenvalue weighted by Gasteiger charge is -2.27. The second-order valence-corrected chi connectivity index (χ2v) is 4.99. The number of imide groups is 1. The lowest BCUT2D eigenvalue weighted by Crippen LogP contribution is -2.59. The molecule has 1 heterocycles. The SMILES string of the molecule is C[C@@H]1CCC[N+]1(C(=O)O)C(=O)Oc1ccc([N+](=O)[O-])cc1. The Labute approximate surface area is 120 Å². The van der Waals surface area contributed by atoms with Crippen LogP contribution in [0.5, 0.6) is 5.75 Å². The van der Waals surface area contributed by atoms with Gasteiger partial charge in [-0.25, -0.2) is 0 Å². The van der Waals surface area contributed by atoms with E-state index in [1.54, 1.807) is 6.92 Å². The van der Waals surface area contributed by atoms with Gasteiger partial charge in [0, 0.05) is 25.0 Å². The second kappa shape index (κ2) is 5.49. The molecular formula is C13H15N2O6+. The highest BCUT2D eigenvalue weighted by atomic mass is 16.6. The summed E-state index contributed by atoms with van der Waals surface area (Å²) in [7, 11) is 0. The summed E-state index contributed by atoms with van der Waals surface area (Å²) in [5.74, 6) is 0.0865. The summed E-state index contributed by atoms with van der Waals surface area (Å²) >= 11 is 0. The van der Waals surface area contributed by atoms with Crippen molar-refractivity contribution in [1.29, 1.82) is 0 Å². The van der Waals surface area contributed by atoms with E-state index in [9.17, 15) is 24.8 Å². The number of benzene rings is 1. The number of nitro benzene ring substituents is 1. The number of non-ortho nitro benzene ring substituents is 1. The molecule has 0 spiro atoms. The molecule has 1 aliphatic heterocycles. The number of nitro groups is 1. The lowest BCUT2D eigenvalue weighted by molar-refractivity contribution is -0.793. The number of ether oxygens (including phenoxy) is 1. The number of nitrogens with zero attached hydrogens (tertiary/aromatic N) is 2. The number of rotatable bonds is 2. The summed E-state index contributed by atoms with van der Waals surface area (Å²) in [5, 5.41) is 19.9. The zero-order valence-corrected chi connectivity index (χ0v) is 11.4. The molecule has 1 aromatic rings. The molecule has 1 aromatic carbocycles. The number of amides is 2. The van der Waals surface area contributed by atoms with Crippen LogP contribution < -0.4 is 4.74 Å². The number of carbonyl (C=O) groups excluding carboxylic acids is 1. The highest BCUT2D eigenvalue weighted by Crippen LogP contribution is 2.29. The van der Waals surface area contributed by atoms with Crippen LogP contribution in [0.4, 0.5) is 15.3 Å². The Balaban J connectivity index is 2.20. The maximum absolute atomic E-state index is 12.2. The molecule has 1 unspecified atom stereocenters. The molecule has 0 radical (unpaired) electrons. The van der Waals surface area contributed by atoms with Crippen molar-refractivity contribution in [1.82, 2.24) is 0 Å². The zero-order chi connectivity index (χ0) is 15.6. The minimum atomic E-state index is -1.24. The third-order valence-electron chi connectivity index (χ3n) is 3.81. The van der Waals surface area contributed by atoms with E-state index >= 15 is 0 Å². The lowest BCUT2D eigenvalue weighted by atomic mass is 10.2. The van der Waals surface area contributed by atoms with Crippen molar-refractivity contribution in [2.45, 2.75) is 25.8 Å². The van der Waals surface area contributed by atoms with Crippen molar-refractivity contribution in [3.05, 3.63) is 34.4 Å².